The van der Waals surface area contributed by atoms with Crippen LogP contribution in [0, 0.1) is 5.92 Å². The van der Waals surface area contributed by atoms with Crippen LogP contribution in [0.1, 0.15) is 50.9 Å². The number of rotatable bonds is 10. The molecule has 1 fully saturated rings. The maximum atomic E-state index is 13.3. The number of benzene rings is 4. The van der Waals surface area contributed by atoms with Crippen LogP contribution < -0.4 is 4.74 Å². The topological polar surface area (TPSA) is 109 Å². The summed E-state index contributed by atoms with van der Waals surface area (Å²) in [5.74, 6) is -0.913. The highest BCUT2D eigenvalue weighted by molar-refractivity contribution is 7.91. The first-order chi connectivity index (χ1) is 22.1. The fraction of sp³-hybridized carbons (Fsp3) is 0.206. The normalized spacial score (nSPS) is 15.5. The quantitative estimate of drug-likeness (QED) is 0.160. The summed E-state index contributed by atoms with van der Waals surface area (Å²) in [6, 6.07) is 22.6. The van der Waals surface area contributed by atoms with E-state index in [1.54, 1.807) is 78.9 Å². The summed E-state index contributed by atoms with van der Waals surface area (Å²) in [5.41, 5.74) is 3.02. The maximum Gasteiger partial charge on any atom is 0.387 e. The molecule has 1 N–H and O–H groups in total. The number of amides is 2. The third-order valence-corrected chi connectivity index (χ3v) is 10.6. The van der Waals surface area contributed by atoms with Crippen LogP contribution >= 0.6 is 11.6 Å². The highest BCUT2D eigenvalue weighted by Crippen LogP contribution is 2.39. The van der Waals surface area contributed by atoms with Gasteiger partial charge in [0, 0.05) is 17.7 Å². The zero-order chi connectivity index (χ0) is 32.2. The lowest BCUT2D eigenvalue weighted by atomic mass is 9.97. The fourth-order valence-corrected chi connectivity index (χ4v) is 7.80. The third kappa shape index (κ3) is 5.65. The van der Waals surface area contributed by atoms with Crippen molar-refractivity contribution in [1.82, 2.24) is 14.9 Å². The molecule has 1 aliphatic carbocycles. The first kappa shape index (κ1) is 30.1. The molecule has 5 aromatic rings. The Morgan fingerprint density at radius 3 is 2.15 bits per heavy atom. The van der Waals surface area contributed by atoms with Crippen molar-refractivity contribution >= 4 is 44.3 Å². The number of carbonyl (C=O) groups is 2. The molecular weight excluding hydrogens is 636 g/mol. The number of ether oxygens (including phenoxy) is 1. The number of aromatic nitrogens is 2. The second-order valence-electron chi connectivity index (χ2n) is 11.5. The van der Waals surface area contributed by atoms with Gasteiger partial charge in [-0.3, -0.25) is 14.5 Å². The molecule has 7 rings (SSSR count). The molecule has 2 aliphatic rings. The van der Waals surface area contributed by atoms with Crippen molar-refractivity contribution in [1.29, 1.82) is 0 Å². The van der Waals surface area contributed by atoms with E-state index in [9.17, 15) is 26.8 Å². The van der Waals surface area contributed by atoms with Gasteiger partial charge in [0.15, 0.2) is 9.84 Å². The molecule has 1 atom stereocenters. The number of fused-ring (bicyclic) bond motifs is 2. The summed E-state index contributed by atoms with van der Waals surface area (Å²) in [6.45, 7) is -3.10. The van der Waals surface area contributed by atoms with Crippen LogP contribution in [0.2, 0.25) is 5.02 Å². The number of imidazole rings is 1. The first-order valence-corrected chi connectivity index (χ1v) is 16.6. The van der Waals surface area contributed by atoms with Crippen molar-refractivity contribution in [2.45, 2.75) is 30.3 Å². The average molecular weight is 662 g/mol. The van der Waals surface area contributed by atoms with Crippen molar-refractivity contribution in [3.05, 3.63) is 112 Å². The zero-order valence-corrected chi connectivity index (χ0v) is 25.7. The molecule has 8 nitrogen and oxygen atoms in total. The zero-order valence-electron chi connectivity index (χ0n) is 24.1. The van der Waals surface area contributed by atoms with Crippen LogP contribution in [-0.4, -0.2) is 54.0 Å². The van der Waals surface area contributed by atoms with Crippen LogP contribution in [0.15, 0.2) is 89.8 Å². The SMILES string of the molecule is O=C1c2ccccc2C(=O)N1CC(c1ccc(S(=O)(=O)CC2CC2)cc1)c1nc2cc(Cl)c(-c3ccccc3OC(F)F)cc2[nH]1. The minimum Gasteiger partial charge on any atom is -0.434 e. The van der Waals surface area contributed by atoms with E-state index in [1.165, 1.54) is 6.07 Å². The Morgan fingerprint density at radius 1 is 0.891 bits per heavy atom. The number of nitrogens with zero attached hydrogens (tertiary/aromatic N) is 2. The number of hydrogen-bond donors (Lipinski definition) is 1. The van der Waals surface area contributed by atoms with Crippen molar-refractivity contribution in [2.24, 2.45) is 5.92 Å². The summed E-state index contributed by atoms with van der Waals surface area (Å²) in [7, 11) is -3.46. The van der Waals surface area contributed by atoms with Crippen molar-refractivity contribution in [3.63, 3.8) is 0 Å². The molecule has 12 heteroatoms. The van der Waals surface area contributed by atoms with Gasteiger partial charge < -0.3 is 9.72 Å². The Hall–Kier alpha value is -4.61. The summed E-state index contributed by atoms with van der Waals surface area (Å²) in [6.07, 6.45) is 1.81. The van der Waals surface area contributed by atoms with E-state index in [2.05, 4.69) is 4.98 Å². The number of H-pyrrole nitrogens is 1. The van der Waals surface area contributed by atoms with Crippen LogP contribution in [0.4, 0.5) is 8.78 Å². The van der Waals surface area contributed by atoms with E-state index in [0.717, 1.165) is 17.7 Å². The van der Waals surface area contributed by atoms with Gasteiger partial charge in [-0.15, -0.1) is 0 Å². The fourth-order valence-electron chi connectivity index (χ4n) is 5.85. The van der Waals surface area contributed by atoms with Gasteiger partial charge in [0.2, 0.25) is 0 Å². The van der Waals surface area contributed by atoms with Gasteiger partial charge in [0.1, 0.15) is 11.6 Å². The smallest absolute Gasteiger partial charge is 0.387 e. The second-order valence-corrected chi connectivity index (χ2v) is 13.9. The van der Waals surface area contributed by atoms with Gasteiger partial charge in [-0.25, -0.2) is 13.4 Å². The Morgan fingerprint density at radius 2 is 1.52 bits per heavy atom. The van der Waals surface area contributed by atoms with E-state index in [-0.39, 0.29) is 33.9 Å². The molecule has 2 heterocycles. The number of para-hydroxylation sites is 1. The molecule has 1 aromatic heterocycles. The highest BCUT2D eigenvalue weighted by Gasteiger charge is 2.38. The van der Waals surface area contributed by atoms with Crippen molar-refractivity contribution in [3.8, 4) is 16.9 Å². The van der Waals surface area contributed by atoms with E-state index in [1.807, 2.05) is 0 Å². The monoisotopic (exact) mass is 661 g/mol. The van der Waals surface area contributed by atoms with Crippen LogP contribution in [-0.2, 0) is 9.84 Å². The van der Waals surface area contributed by atoms with Gasteiger partial charge in [0.05, 0.1) is 43.7 Å². The summed E-state index contributed by atoms with van der Waals surface area (Å²) >= 11 is 6.63. The molecule has 0 saturated heterocycles. The number of hydrogen-bond acceptors (Lipinski definition) is 6. The van der Waals surface area contributed by atoms with Crippen molar-refractivity contribution in [2.75, 3.05) is 12.3 Å². The van der Waals surface area contributed by atoms with Gasteiger partial charge >= 0.3 is 6.61 Å². The molecule has 0 radical (unpaired) electrons. The molecule has 1 aliphatic heterocycles. The number of aromatic amines is 1. The predicted octanol–water partition coefficient (Wildman–Crippen LogP) is 7.10. The number of halogens is 3. The lowest BCUT2D eigenvalue weighted by Gasteiger charge is -2.22. The number of sulfone groups is 1. The Labute approximate surface area is 267 Å². The van der Waals surface area contributed by atoms with Gasteiger partial charge in [-0.05, 0) is 66.8 Å². The van der Waals surface area contributed by atoms with Gasteiger partial charge in [-0.2, -0.15) is 8.78 Å². The molecule has 4 aromatic carbocycles. The third-order valence-electron chi connectivity index (χ3n) is 8.35. The molecule has 1 saturated carbocycles. The molecule has 1 unspecified atom stereocenters. The van der Waals surface area contributed by atoms with E-state index >= 15 is 0 Å². The number of nitrogens with one attached hydrogen (secondary N) is 1. The summed E-state index contributed by atoms with van der Waals surface area (Å²) in [4.78, 5) is 36.1. The Bertz CT molecular complexity index is 2080. The van der Waals surface area contributed by atoms with Gasteiger partial charge in [0.25, 0.3) is 11.8 Å². The van der Waals surface area contributed by atoms with Gasteiger partial charge in [-0.1, -0.05) is 54.1 Å². The van der Waals surface area contributed by atoms with Crippen LogP contribution in [0.5, 0.6) is 5.75 Å². The van der Waals surface area contributed by atoms with E-state index < -0.39 is 34.2 Å². The largest absolute Gasteiger partial charge is 0.434 e. The number of carbonyl (C=O) groups excluding carboxylic acids is 2. The molecule has 0 bridgehead atoms. The maximum absolute atomic E-state index is 13.3. The van der Waals surface area contributed by atoms with Crippen molar-refractivity contribution < 1.29 is 31.5 Å². The minimum atomic E-state index is -3.46. The average Bonchev–Trinajstić information content (AvgIpc) is 3.69. The Kier molecular flexibility index (Phi) is 7.60. The molecule has 46 heavy (non-hydrogen) atoms. The lowest BCUT2D eigenvalue weighted by Crippen LogP contribution is -2.34. The Balaban J connectivity index is 1.29. The molecule has 0 spiro atoms. The highest BCUT2D eigenvalue weighted by atomic mass is 35.5. The van der Waals surface area contributed by atoms with E-state index in [0.29, 0.717) is 44.7 Å². The van der Waals surface area contributed by atoms with Crippen LogP contribution in [0.3, 0.4) is 0 Å². The van der Waals surface area contributed by atoms with Crippen LogP contribution in [0.25, 0.3) is 22.2 Å². The minimum absolute atomic E-state index is 0.0429. The number of alkyl halides is 2. The number of imide groups is 1. The molecule has 2 amide bonds. The predicted molar refractivity (Wildman–Crippen MR) is 168 cm³/mol. The molecule has 234 valence electrons. The standard InChI is InChI=1S/C34H26ClF2N3O5S/c35-27-16-29-28(15-25(27)22-5-3-4-8-30(22)45-34(36)37)38-31(39-29)26(17-40-32(41)23-6-1-2-7-24(23)33(40)42)20-11-13-21(14-12-20)46(43,44)18-19-9-10-19/h1-8,11-16,19,26,34H,9-10,17-18H2,(H,38,39). The molecular formula is C34H26ClF2N3O5S. The lowest BCUT2D eigenvalue weighted by molar-refractivity contribution is -0.0494. The summed E-state index contributed by atoms with van der Waals surface area (Å²) < 4.78 is 56.8. The second kappa shape index (κ2) is 11.6. The summed E-state index contributed by atoms with van der Waals surface area (Å²) in [5, 5.41) is 0.248. The van der Waals surface area contributed by atoms with E-state index in [4.69, 9.17) is 21.3 Å². The first-order valence-electron chi connectivity index (χ1n) is 14.6.